The smallest absolute Gasteiger partial charge is 0.257 e. The molecule has 36 heavy (non-hydrogen) atoms. The van der Waals surface area contributed by atoms with Crippen molar-refractivity contribution in [3.63, 3.8) is 0 Å². The summed E-state index contributed by atoms with van der Waals surface area (Å²) in [5.74, 6) is -1.66. The Morgan fingerprint density at radius 2 is 1.61 bits per heavy atom. The van der Waals surface area contributed by atoms with Gasteiger partial charge in [-0.15, -0.1) is 0 Å². The van der Waals surface area contributed by atoms with E-state index in [1.54, 1.807) is 44.2 Å². The third kappa shape index (κ3) is 5.20. The van der Waals surface area contributed by atoms with Gasteiger partial charge in [-0.1, -0.05) is 50.2 Å². The summed E-state index contributed by atoms with van der Waals surface area (Å²) in [6.45, 7) is 3.50. The minimum absolute atomic E-state index is 0.0149. The Morgan fingerprint density at radius 1 is 0.972 bits per heavy atom. The molecule has 186 valence electrons. The number of carbonyl (C=O) groups is 2. The zero-order valence-corrected chi connectivity index (χ0v) is 20.3. The second-order valence-electron chi connectivity index (χ2n) is 8.78. The normalized spacial score (nSPS) is 12.4. The molecule has 0 aliphatic heterocycles. The van der Waals surface area contributed by atoms with E-state index >= 15 is 0 Å². The summed E-state index contributed by atoms with van der Waals surface area (Å²) in [4.78, 5) is 51.4. The summed E-state index contributed by atoms with van der Waals surface area (Å²) in [7, 11) is 3.07. The molecule has 0 aliphatic rings. The molecule has 3 aromatic carbocycles. The van der Waals surface area contributed by atoms with Gasteiger partial charge in [0.05, 0.1) is 17.3 Å². The van der Waals surface area contributed by atoms with Crippen molar-refractivity contribution in [1.82, 2.24) is 10.2 Å². The van der Waals surface area contributed by atoms with Crippen molar-refractivity contribution in [2.75, 3.05) is 24.7 Å². The van der Waals surface area contributed by atoms with E-state index in [9.17, 15) is 29.5 Å². The van der Waals surface area contributed by atoms with Crippen LogP contribution in [0, 0.1) is 17.2 Å². The van der Waals surface area contributed by atoms with Gasteiger partial charge in [0.1, 0.15) is 23.5 Å². The highest BCUT2D eigenvalue weighted by atomic mass is 16.3. The summed E-state index contributed by atoms with van der Waals surface area (Å²) < 4.78 is 0. The number of phenols is 1. The zero-order valence-electron chi connectivity index (χ0n) is 20.3. The fourth-order valence-electron chi connectivity index (χ4n) is 3.60. The van der Waals surface area contributed by atoms with Crippen molar-refractivity contribution < 1.29 is 14.7 Å². The van der Waals surface area contributed by atoms with Crippen molar-refractivity contribution in [2.45, 2.75) is 25.9 Å². The number of nitrogens with zero attached hydrogens (tertiary/aromatic N) is 2. The van der Waals surface area contributed by atoms with Gasteiger partial charge >= 0.3 is 0 Å². The first-order valence-electron chi connectivity index (χ1n) is 11.2. The molecule has 0 aromatic heterocycles. The van der Waals surface area contributed by atoms with Crippen LogP contribution in [-0.4, -0.2) is 42.0 Å². The maximum absolute atomic E-state index is 13.0. The van der Waals surface area contributed by atoms with Gasteiger partial charge in [-0.25, -0.2) is 0 Å². The van der Waals surface area contributed by atoms with E-state index in [1.807, 2.05) is 6.07 Å². The number of anilines is 3. The Labute approximate surface area is 207 Å². The highest BCUT2D eigenvalue weighted by molar-refractivity contribution is 5.99. The average molecular weight is 490 g/mol. The average Bonchev–Trinajstić information content (AvgIpc) is 2.87. The number of carbonyl (C=O) groups excluding carboxylic acids is 2. The first kappa shape index (κ1) is 26.0. The molecule has 0 saturated carbocycles. The first-order valence-corrected chi connectivity index (χ1v) is 11.2. The van der Waals surface area contributed by atoms with E-state index in [4.69, 9.17) is 0 Å². The van der Waals surface area contributed by atoms with Crippen LogP contribution in [0.1, 0.15) is 35.8 Å². The molecule has 0 radical (unpaired) electrons. The number of aromatic hydroxyl groups is 1. The van der Waals surface area contributed by atoms with E-state index < -0.39 is 34.8 Å². The van der Waals surface area contributed by atoms with E-state index in [0.717, 1.165) is 0 Å². The molecule has 0 bridgehead atoms. The number of benzene rings is 2. The molecule has 0 spiro atoms. The molecule has 3 aromatic rings. The molecular formula is C26H27N5O5. The second kappa shape index (κ2) is 10.7. The van der Waals surface area contributed by atoms with Crippen molar-refractivity contribution in [3.05, 3.63) is 80.1 Å². The van der Waals surface area contributed by atoms with Gasteiger partial charge in [0.15, 0.2) is 5.75 Å². The van der Waals surface area contributed by atoms with Gasteiger partial charge in [-0.2, -0.15) is 5.26 Å². The maximum Gasteiger partial charge on any atom is 0.257 e. The lowest BCUT2D eigenvalue weighted by molar-refractivity contribution is -0.123. The minimum Gasteiger partial charge on any atom is -0.505 e. The zero-order chi connectivity index (χ0) is 26.6. The molecule has 2 amide bonds. The molecule has 0 saturated heterocycles. The molecular weight excluding hydrogens is 462 g/mol. The number of nitriles is 1. The standard InChI is InChI=1S/C26H27N5O5/c1-14(2)19(25(35)29-18(13-27)15-9-6-5-7-10-15)30-21-20(23(33)24(21)34)28-17-12-8-11-16(22(17)32)26(36)31(3)4/h5-12,14,18-19,28,30,32H,1-4H3,(H,29,35)/t18?,19-/m1/s1. The third-order valence-corrected chi connectivity index (χ3v) is 5.64. The lowest BCUT2D eigenvalue weighted by atomic mass is 10.0. The molecule has 0 fully saturated rings. The SMILES string of the molecule is CC(C)[C@@H](Nc1c(Nc2cccc(C(=O)N(C)C)c2O)c(=O)c1=O)C(=O)NC(C#N)c1ccccc1. The fraction of sp³-hybridized carbons (Fsp3) is 0.269. The lowest BCUT2D eigenvalue weighted by Crippen LogP contribution is -2.47. The highest BCUT2D eigenvalue weighted by Gasteiger charge is 2.30. The number of rotatable bonds is 9. The second-order valence-corrected chi connectivity index (χ2v) is 8.78. The summed E-state index contributed by atoms with van der Waals surface area (Å²) in [6.07, 6.45) is 0. The van der Waals surface area contributed by atoms with Gasteiger partial charge in [-0.3, -0.25) is 19.2 Å². The Balaban J connectivity index is 1.85. The Bertz CT molecular complexity index is 1380. The van der Waals surface area contributed by atoms with Crippen LogP contribution < -0.4 is 26.8 Å². The molecule has 4 N–H and O–H groups in total. The number of phenolic OH excluding ortho intramolecular Hbond substituents is 1. The van der Waals surface area contributed by atoms with Crippen LogP contribution in [0.3, 0.4) is 0 Å². The third-order valence-electron chi connectivity index (χ3n) is 5.64. The van der Waals surface area contributed by atoms with Gasteiger partial charge in [0.25, 0.3) is 16.8 Å². The Kier molecular flexibility index (Phi) is 7.74. The van der Waals surface area contributed by atoms with Crippen LogP contribution >= 0.6 is 0 Å². The Hall–Kier alpha value is -4.65. The van der Waals surface area contributed by atoms with Gasteiger partial charge < -0.3 is 26.0 Å². The highest BCUT2D eigenvalue weighted by Crippen LogP contribution is 2.32. The quantitative estimate of drug-likeness (QED) is 0.264. The molecule has 1 unspecified atom stereocenters. The number of hydrogen-bond donors (Lipinski definition) is 4. The fourth-order valence-corrected chi connectivity index (χ4v) is 3.60. The molecule has 10 nitrogen and oxygen atoms in total. The lowest BCUT2D eigenvalue weighted by Gasteiger charge is -2.26. The predicted molar refractivity (Wildman–Crippen MR) is 136 cm³/mol. The van der Waals surface area contributed by atoms with Crippen LogP contribution in [0.4, 0.5) is 17.1 Å². The molecule has 3 rings (SSSR count). The van der Waals surface area contributed by atoms with Crippen LogP contribution in [-0.2, 0) is 4.79 Å². The Morgan fingerprint density at radius 3 is 2.19 bits per heavy atom. The van der Waals surface area contributed by atoms with E-state index in [0.29, 0.717) is 5.56 Å². The summed E-state index contributed by atoms with van der Waals surface area (Å²) in [5, 5.41) is 28.3. The van der Waals surface area contributed by atoms with Crippen molar-refractivity contribution in [1.29, 1.82) is 5.26 Å². The van der Waals surface area contributed by atoms with Crippen molar-refractivity contribution in [2.24, 2.45) is 5.92 Å². The predicted octanol–water partition coefficient (Wildman–Crippen LogP) is 2.25. The number of amides is 2. The van der Waals surface area contributed by atoms with Crippen LogP contribution in [0.2, 0.25) is 0 Å². The van der Waals surface area contributed by atoms with E-state index in [-0.39, 0.29) is 34.3 Å². The summed E-state index contributed by atoms with van der Waals surface area (Å²) in [5.41, 5.74) is -1.24. The number of hydrogen-bond acceptors (Lipinski definition) is 8. The van der Waals surface area contributed by atoms with Gasteiger partial charge in [-0.05, 0) is 23.6 Å². The van der Waals surface area contributed by atoms with Crippen LogP contribution in [0.5, 0.6) is 5.75 Å². The number of nitrogens with one attached hydrogen (secondary N) is 3. The van der Waals surface area contributed by atoms with Gasteiger partial charge in [0, 0.05) is 14.1 Å². The first-order chi connectivity index (χ1) is 17.1. The van der Waals surface area contributed by atoms with Crippen LogP contribution in [0.15, 0.2) is 58.1 Å². The maximum atomic E-state index is 13.0. The number of para-hydroxylation sites is 1. The molecule has 2 atom stereocenters. The monoisotopic (exact) mass is 489 g/mol. The van der Waals surface area contributed by atoms with Crippen LogP contribution in [0.25, 0.3) is 0 Å². The molecule has 10 heteroatoms. The topological polar surface area (TPSA) is 152 Å². The summed E-state index contributed by atoms with van der Waals surface area (Å²) >= 11 is 0. The minimum atomic E-state index is -0.941. The molecule has 0 aliphatic carbocycles. The van der Waals surface area contributed by atoms with E-state index in [2.05, 4.69) is 16.0 Å². The van der Waals surface area contributed by atoms with E-state index in [1.165, 1.54) is 37.2 Å². The largest absolute Gasteiger partial charge is 0.505 e. The molecule has 0 heterocycles. The van der Waals surface area contributed by atoms with Crippen molar-refractivity contribution >= 4 is 28.9 Å². The summed E-state index contributed by atoms with van der Waals surface area (Å²) in [6, 6.07) is 13.3. The van der Waals surface area contributed by atoms with Crippen molar-refractivity contribution in [3.8, 4) is 11.8 Å². The van der Waals surface area contributed by atoms with Gasteiger partial charge in [0.2, 0.25) is 5.91 Å².